The molecule has 0 aliphatic heterocycles. The molecule has 1 aliphatic rings. The summed E-state index contributed by atoms with van der Waals surface area (Å²) in [6, 6.07) is 4.25. The molecule has 0 bridgehead atoms. The van der Waals surface area contributed by atoms with Gasteiger partial charge < -0.3 is 10.8 Å². The molecular weight excluding hydrogens is 290 g/mol. The van der Waals surface area contributed by atoms with Gasteiger partial charge in [0.1, 0.15) is 0 Å². The van der Waals surface area contributed by atoms with Gasteiger partial charge in [-0.05, 0) is 44.2 Å². The average molecular weight is 320 g/mol. The fourth-order valence-electron chi connectivity index (χ4n) is 2.97. The first-order chi connectivity index (χ1) is 10.6. The molecule has 0 spiro atoms. The van der Waals surface area contributed by atoms with Gasteiger partial charge >= 0.3 is 0 Å². The Morgan fingerprint density at radius 2 is 2.09 bits per heavy atom. The molecule has 1 unspecified atom stereocenters. The van der Waals surface area contributed by atoms with Crippen LogP contribution in [-0.2, 0) is 6.42 Å². The predicted molar refractivity (Wildman–Crippen MR) is 95.0 cm³/mol. The van der Waals surface area contributed by atoms with Crippen molar-refractivity contribution in [3.8, 4) is 11.8 Å². The molecule has 122 valence electrons. The highest BCUT2D eigenvalue weighted by molar-refractivity contribution is 7.12. The van der Waals surface area contributed by atoms with Crippen molar-refractivity contribution in [2.75, 3.05) is 6.61 Å². The molecular formula is C19H29NOS. The minimum absolute atomic E-state index is 0.0339. The molecule has 3 N–H and O–H groups in total. The summed E-state index contributed by atoms with van der Waals surface area (Å²) in [5, 5.41) is 9.18. The summed E-state index contributed by atoms with van der Waals surface area (Å²) in [5.74, 6) is 7.56. The molecule has 2 rings (SSSR count). The van der Waals surface area contributed by atoms with E-state index in [1.807, 2.05) is 6.92 Å². The number of aliphatic hydroxyl groups excluding tert-OH is 1. The monoisotopic (exact) mass is 319 g/mol. The summed E-state index contributed by atoms with van der Waals surface area (Å²) < 4.78 is 0. The number of aliphatic hydroxyl groups is 1. The van der Waals surface area contributed by atoms with Crippen LogP contribution in [0.15, 0.2) is 12.1 Å². The second-order valence-electron chi connectivity index (χ2n) is 6.92. The third-order valence-electron chi connectivity index (χ3n) is 4.58. The van der Waals surface area contributed by atoms with Crippen LogP contribution in [0.3, 0.4) is 0 Å². The third kappa shape index (κ3) is 6.12. The largest absolute Gasteiger partial charge is 0.394 e. The van der Waals surface area contributed by atoms with Gasteiger partial charge in [0, 0.05) is 16.8 Å². The van der Waals surface area contributed by atoms with Gasteiger partial charge in [-0.2, -0.15) is 0 Å². The number of hydrogen-bond acceptors (Lipinski definition) is 3. The molecule has 1 aromatic rings. The lowest BCUT2D eigenvalue weighted by atomic mass is 9.86. The van der Waals surface area contributed by atoms with Crippen LogP contribution in [0.25, 0.3) is 0 Å². The summed E-state index contributed by atoms with van der Waals surface area (Å²) in [6.07, 6.45) is 11.1. The highest BCUT2D eigenvalue weighted by Gasteiger charge is 2.17. The first kappa shape index (κ1) is 17.5. The van der Waals surface area contributed by atoms with Gasteiger partial charge in [0.05, 0.1) is 11.5 Å². The van der Waals surface area contributed by atoms with E-state index < -0.39 is 5.54 Å². The maximum Gasteiger partial charge on any atom is 0.0771 e. The zero-order chi connectivity index (χ0) is 15.8. The third-order valence-corrected chi connectivity index (χ3v) is 5.64. The van der Waals surface area contributed by atoms with E-state index in [4.69, 9.17) is 5.73 Å². The van der Waals surface area contributed by atoms with E-state index in [2.05, 4.69) is 24.0 Å². The Morgan fingerprint density at radius 1 is 1.32 bits per heavy atom. The van der Waals surface area contributed by atoms with Gasteiger partial charge in [-0.1, -0.05) is 43.9 Å². The number of thiophene rings is 1. The van der Waals surface area contributed by atoms with Crippen LogP contribution in [0.1, 0.15) is 68.0 Å². The van der Waals surface area contributed by atoms with Crippen molar-refractivity contribution in [2.24, 2.45) is 11.7 Å². The molecule has 22 heavy (non-hydrogen) atoms. The smallest absolute Gasteiger partial charge is 0.0771 e. The van der Waals surface area contributed by atoms with Crippen molar-refractivity contribution >= 4 is 11.3 Å². The van der Waals surface area contributed by atoms with E-state index in [1.165, 1.54) is 43.4 Å². The van der Waals surface area contributed by atoms with Gasteiger partial charge in [-0.15, -0.1) is 11.3 Å². The Kier molecular flexibility index (Phi) is 6.95. The molecule has 1 heterocycles. The topological polar surface area (TPSA) is 46.2 Å². The minimum atomic E-state index is -0.476. The Bertz CT molecular complexity index is 503. The van der Waals surface area contributed by atoms with E-state index in [0.29, 0.717) is 0 Å². The number of aryl methyl sites for hydroxylation is 1. The average Bonchev–Trinajstić information content (AvgIpc) is 2.99. The number of rotatable bonds is 6. The molecule has 1 aliphatic carbocycles. The lowest BCUT2D eigenvalue weighted by Gasteiger charge is -2.20. The number of nitrogens with two attached hydrogens (primary N) is 1. The van der Waals surface area contributed by atoms with Crippen LogP contribution in [0.5, 0.6) is 0 Å². The molecule has 0 saturated heterocycles. The molecule has 0 radical (unpaired) electrons. The molecule has 1 atom stereocenters. The second-order valence-corrected chi connectivity index (χ2v) is 8.09. The Labute approximate surface area is 139 Å². The van der Waals surface area contributed by atoms with Gasteiger partial charge in [0.25, 0.3) is 0 Å². The van der Waals surface area contributed by atoms with Crippen molar-refractivity contribution in [2.45, 2.75) is 70.3 Å². The van der Waals surface area contributed by atoms with E-state index in [1.54, 1.807) is 11.3 Å². The van der Waals surface area contributed by atoms with Crippen LogP contribution >= 0.6 is 11.3 Å². The lowest BCUT2D eigenvalue weighted by molar-refractivity contribution is 0.201. The van der Waals surface area contributed by atoms with Crippen molar-refractivity contribution < 1.29 is 5.11 Å². The zero-order valence-electron chi connectivity index (χ0n) is 13.7. The second kappa shape index (κ2) is 8.72. The normalized spacial score (nSPS) is 18.5. The van der Waals surface area contributed by atoms with Crippen LogP contribution in [0.2, 0.25) is 0 Å². The Balaban J connectivity index is 1.73. The zero-order valence-corrected chi connectivity index (χ0v) is 14.6. The number of hydrogen-bond donors (Lipinski definition) is 2. The van der Waals surface area contributed by atoms with Crippen molar-refractivity contribution in [1.82, 2.24) is 0 Å². The fourth-order valence-corrected chi connectivity index (χ4v) is 3.85. The van der Waals surface area contributed by atoms with E-state index in [-0.39, 0.29) is 6.61 Å². The Morgan fingerprint density at radius 3 is 2.82 bits per heavy atom. The first-order valence-corrected chi connectivity index (χ1v) is 9.38. The summed E-state index contributed by atoms with van der Waals surface area (Å²) >= 11 is 1.76. The van der Waals surface area contributed by atoms with Crippen LogP contribution in [0, 0.1) is 17.8 Å². The van der Waals surface area contributed by atoms with Crippen LogP contribution < -0.4 is 5.73 Å². The van der Waals surface area contributed by atoms with Gasteiger partial charge in [-0.25, -0.2) is 0 Å². The van der Waals surface area contributed by atoms with Crippen molar-refractivity contribution in [1.29, 1.82) is 0 Å². The summed E-state index contributed by atoms with van der Waals surface area (Å²) in [7, 11) is 0. The summed E-state index contributed by atoms with van der Waals surface area (Å²) in [5.41, 5.74) is 5.49. The highest BCUT2D eigenvalue weighted by atomic mass is 32.1. The van der Waals surface area contributed by atoms with Gasteiger partial charge in [-0.3, -0.25) is 0 Å². The molecule has 1 fully saturated rings. The van der Waals surface area contributed by atoms with Gasteiger partial charge in [0.2, 0.25) is 0 Å². The minimum Gasteiger partial charge on any atom is -0.394 e. The van der Waals surface area contributed by atoms with Crippen LogP contribution in [0.4, 0.5) is 0 Å². The van der Waals surface area contributed by atoms with E-state index >= 15 is 0 Å². The molecule has 1 aromatic heterocycles. The fraction of sp³-hybridized carbons (Fsp3) is 0.684. The molecule has 0 aromatic carbocycles. The quantitative estimate of drug-likeness (QED) is 0.775. The van der Waals surface area contributed by atoms with E-state index in [9.17, 15) is 5.11 Å². The Hall–Kier alpha value is -0.820. The van der Waals surface area contributed by atoms with Crippen LogP contribution in [-0.4, -0.2) is 17.3 Å². The molecule has 1 saturated carbocycles. The first-order valence-electron chi connectivity index (χ1n) is 8.56. The molecule has 3 heteroatoms. The van der Waals surface area contributed by atoms with Gasteiger partial charge in [0.15, 0.2) is 0 Å². The highest BCUT2D eigenvalue weighted by Crippen LogP contribution is 2.27. The summed E-state index contributed by atoms with van der Waals surface area (Å²) in [6.45, 7) is 1.93. The standard InChI is InChI=1S/C19H29NOS/c1-19(20,15-21)14-13-18-12-11-17(22-18)10-6-5-9-16-7-3-2-4-8-16/h11-12,16,21H,2-5,7-9,13-15,20H2,1H3. The predicted octanol–water partition coefficient (Wildman–Crippen LogP) is 4.10. The maximum atomic E-state index is 9.18. The molecule has 2 nitrogen and oxygen atoms in total. The summed E-state index contributed by atoms with van der Waals surface area (Å²) in [4.78, 5) is 2.46. The molecule has 0 amide bonds. The van der Waals surface area contributed by atoms with E-state index in [0.717, 1.165) is 30.1 Å². The maximum absolute atomic E-state index is 9.18. The van der Waals surface area contributed by atoms with Crippen molar-refractivity contribution in [3.05, 3.63) is 21.9 Å². The SMILES string of the molecule is CC(N)(CO)CCc1ccc(C#CCCC2CCCCC2)s1. The lowest BCUT2D eigenvalue weighted by Crippen LogP contribution is -2.40. The van der Waals surface area contributed by atoms with Crippen molar-refractivity contribution in [3.63, 3.8) is 0 Å².